The molecule has 0 aliphatic carbocycles. The Morgan fingerprint density at radius 3 is 3.25 bits per heavy atom. The van der Waals surface area contributed by atoms with Gasteiger partial charge in [0.15, 0.2) is 5.82 Å². The van der Waals surface area contributed by atoms with Crippen LogP contribution in [0.2, 0.25) is 0 Å². The van der Waals surface area contributed by atoms with Crippen LogP contribution in [0.3, 0.4) is 0 Å². The zero-order chi connectivity index (χ0) is 8.81. The topological polar surface area (TPSA) is 70.9 Å². The van der Waals surface area contributed by atoms with Gasteiger partial charge in [0.05, 0.1) is 6.61 Å². The molecule has 62 valence electrons. The second-order valence-electron chi connectivity index (χ2n) is 1.95. The van der Waals surface area contributed by atoms with Crippen molar-refractivity contribution in [2.75, 3.05) is 6.61 Å². The maximum atomic E-state index is 8.18. The Morgan fingerprint density at radius 1 is 1.75 bits per heavy atom. The van der Waals surface area contributed by atoms with Gasteiger partial charge in [-0.2, -0.15) is 0 Å². The molecule has 0 spiro atoms. The molecule has 1 heterocycles. The first kappa shape index (κ1) is 8.36. The number of rotatable bonds is 3. The lowest BCUT2D eigenvalue weighted by Crippen LogP contribution is -1.91. The van der Waals surface area contributed by atoms with Gasteiger partial charge in [-0.3, -0.25) is 4.98 Å². The summed E-state index contributed by atoms with van der Waals surface area (Å²) in [6.07, 6.45) is 1.55. The Bertz CT molecular complexity index is 306. The van der Waals surface area contributed by atoms with Crippen molar-refractivity contribution in [3.05, 3.63) is 28.8 Å². The summed E-state index contributed by atoms with van der Waals surface area (Å²) in [7, 11) is 0. The molecule has 1 rings (SSSR count). The van der Waals surface area contributed by atoms with Crippen molar-refractivity contribution in [1.29, 1.82) is 0 Å². The molecule has 0 saturated heterocycles. The van der Waals surface area contributed by atoms with E-state index in [-0.39, 0.29) is 5.82 Å². The molecule has 1 aromatic rings. The van der Waals surface area contributed by atoms with Gasteiger partial charge in [-0.25, -0.2) is 0 Å². The van der Waals surface area contributed by atoms with Gasteiger partial charge in [-0.05, 0) is 29.7 Å². The third-order valence-corrected chi connectivity index (χ3v) is 1.19. The third-order valence-electron chi connectivity index (χ3n) is 1.19. The maximum absolute atomic E-state index is 8.18. The van der Waals surface area contributed by atoms with Crippen LogP contribution in [0.4, 0.5) is 5.82 Å². The van der Waals surface area contributed by atoms with Gasteiger partial charge < -0.3 is 4.74 Å². The molecule has 12 heavy (non-hydrogen) atoms. The minimum absolute atomic E-state index is 0.279. The van der Waals surface area contributed by atoms with Gasteiger partial charge in [-0.1, -0.05) is 0 Å². The third kappa shape index (κ3) is 1.87. The summed E-state index contributed by atoms with van der Waals surface area (Å²) in [5.41, 5.74) is 8.18. The van der Waals surface area contributed by atoms with Crippen LogP contribution in [-0.2, 0) is 0 Å². The highest BCUT2D eigenvalue weighted by molar-refractivity contribution is 5.43. The number of aromatic nitrogens is 1. The van der Waals surface area contributed by atoms with Crippen LogP contribution in [-0.4, -0.2) is 11.6 Å². The number of hydrogen-bond acceptors (Lipinski definition) is 3. The second kappa shape index (κ2) is 4.20. The van der Waals surface area contributed by atoms with Gasteiger partial charge in [-0.15, -0.1) is 0 Å². The van der Waals surface area contributed by atoms with Crippen molar-refractivity contribution in [1.82, 2.24) is 4.98 Å². The lowest BCUT2D eigenvalue weighted by Gasteiger charge is -2.03. The van der Waals surface area contributed by atoms with E-state index in [9.17, 15) is 0 Å². The first-order valence-electron chi connectivity index (χ1n) is 3.51. The highest BCUT2D eigenvalue weighted by atomic mass is 16.5. The molecular formula is C7H8N4O. The summed E-state index contributed by atoms with van der Waals surface area (Å²) in [4.78, 5) is 6.47. The smallest absolute Gasteiger partial charge is 0.168 e. The Labute approximate surface area is 69.6 Å². The molecule has 0 radical (unpaired) electrons. The molecular weight excluding hydrogens is 156 g/mol. The SMILES string of the molecule is CCOc1cccnc1N=[N+]=[N-]. The molecule has 0 saturated carbocycles. The zero-order valence-corrected chi connectivity index (χ0v) is 6.64. The molecule has 0 bridgehead atoms. The molecule has 0 amide bonds. The normalized spacial score (nSPS) is 8.75. The van der Waals surface area contributed by atoms with Gasteiger partial charge in [0.25, 0.3) is 0 Å². The molecule has 5 heteroatoms. The van der Waals surface area contributed by atoms with E-state index in [1.807, 2.05) is 6.92 Å². The Balaban J connectivity index is 2.99. The molecule has 0 unspecified atom stereocenters. The second-order valence-corrected chi connectivity index (χ2v) is 1.95. The molecule has 1 aromatic heterocycles. The number of ether oxygens (including phenoxy) is 1. The van der Waals surface area contributed by atoms with E-state index in [1.165, 1.54) is 0 Å². The van der Waals surface area contributed by atoms with Crippen molar-refractivity contribution in [3.63, 3.8) is 0 Å². The molecule has 0 aliphatic heterocycles. The van der Waals surface area contributed by atoms with Gasteiger partial charge >= 0.3 is 0 Å². The molecule has 0 atom stereocenters. The van der Waals surface area contributed by atoms with Crippen LogP contribution < -0.4 is 4.74 Å². The number of azide groups is 1. The van der Waals surface area contributed by atoms with Crippen molar-refractivity contribution < 1.29 is 4.74 Å². The predicted molar refractivity (Wildman–Crippen MR) is 44.2 cm³/mol. The van der Waals surface area contributed by atoms with Gasteiger partial charge in [0, 0.05) is 11.1 Å². The maximum Gasteiger partial charge on any atom is 0.168 e. The first-order valence-corrected chi connectivity index (χ1v) is 3.51. The molecule has 0 N–H and O–H groups in total. The minimum atomic E-state index is 0.279. The van der Waals surface area contributed by atoms with E-state index in [0.717, 1.165) is 0 Å². The van der Waals surface area contributed by atoms with Crippen LogP contribution >= 0.6 is 0 Å². The fourth-order valence-electron chi connectivity index (χ4n) is 0.768. The lowest BCUT2D eigenvalue weighted by atomic mass is 10.4. The molecule has 0 fully saturated rings. The van der Waals surface area contributed by atoms with Crippen LogP contribution in [0.15, 0.2) is 23.4 Å². The van der Waals surface area contributed by atoms with Crippen molar-refractivity contribution in [3.8, 4) is 5.75 Å². The van der Waals surface area contributed by atoms with Gasteiger partial charge in [0.1, 0.15) is 5.75 Å². The largest absolute Gasteiger partial charge is 0.492 e. The number of hydrogen-bond donors (Lipinski definition) is 0. The predicted octanol–water partition coefficient (Wildman–Crippen LogP) is 2.42. The average molecular weight is 164 g/mol. The first-order chi connectivity index (χ1) is 5.88. The van der Waals surface area contributed by atoms with Crippen LogP contribution in [0.1, 0.15) is 6.92 Å². The minimum Gasteiger partial charge on any atom is -0.492 e. The van der Waals surface area contributed by atoms with E-state index in [2.05, 4.69) is 15.0 Å². The summed E-state index contributed by atoms with van der Waals surface area (Å²) in [6, 6.07) is 3.43. The van der Waals surface area contributed by atoms with E-state index < -0.39 is 0 Å². The van der Waals surface area contributed by atoms with Crippen molar-refractivity contribution in [2.24, 2.45) is 5.11 Å². The van der Waals surface area contributed by atoms with Crippen molar-refractivity contribution >= 4 is 5.82 Å². The fourth-order valence-corrected chi connectivity index (χ4v) is 0.768. The summed E-state index contributed by atoms with van der Waals surface area (Å²) in [5, 5.41) is 3.37. The summed E-state index contributed by atoms with van der Waals surface area (Å²) in [6.45, 7) is 2.38. The standard InChI is InChI=1S/C7H8N4O/c1-2-12-6-4-3-5-9-7(6)10-11-8/h3-5H,2H2,1H3. The summed E-state index contributed by atoms with van der Waals surface area (Å²) >= 11 is 0. The number of pyridine rings is 1. The molecule has 5 nitrogen and oxygen atoms in total. The fraction of sp³-hybridized carbons (Fsp3) is 0.286. The monoisotopic (exact) mass is 164 g/mol. The van der Waals surface area contributed by atoms with Crippen LogP contribution in [0.5, 0.6) is 5.75 Å². The average Bonchev–Trinajstić information content (AvgIpc) is 2.09. The van der Waals surface area contributed by atoms with Crippen molar-refractivity contribution in [2.45, 2.75) is 6.92 Å². The molecule has 0 aliphatic rings. The zero-order valence-electron chi connectivity index (χ0n) is 6.64. The summed E-state index contributed by atoms with van der Waals surface area (Å²) in [5.74, 6) is 0.791. The van der Waals surface area contributed by atoms with Crippen LogP contribution in [0.25, 0.3) is 10.4 Å². The van der Waals surface area contributed by atoms with E-state index >= 15 is 0 Å². The highest BCUT2D eigenvalue weighted by Gasteiger charge is 1.99. The Hall–Kier alpha value is -1.74. The molecule has 0 aromatic carbocycles. The Kier molecular flexibility index (Phi) is 2.93. The van der Waals surface area contributed by atoms with E-state index in [4.69, 9.17) is 10.3 Å². The lowest BCUT2D eigenvalue weighted by molar-refractivity contribution is 0.340. The van der Waals surface area contributed by atoms with Gasteiger partial charge in [0.2, 0.25) is 0 Å². The number of nitrogens with zero attached hydrogens (tertiary/aromatic N) is 4. The Morgan fingerprint density at radius 2 is 2.58 bits per heavy atom. The quantitative estimate of drug-likeness (QED) is 0.391. The highest BCUT2D eigenvalue weighted by Crippen LogP contribution is 2.23. The van der Waals surface area contributed by atoms with E-state index in [1.54, 1.807) is 18.3 Å². The summed E-state index contributed by atoms with van der Waals surface area (Å²) < 4.78 is 5.16. The van der Waals surface area contributed by atoms with E-state index in [0.29, 0.717) is 12.4 Å². The van der Waals surface area contributed by atoms with Crippen LogP contribution in [0, 0.1) is 0 Å².